The average molecular weight is 511 g/mol. The normalized spacial score (nSPS) is 11.1. The van der Waals surface area contributed by atoms with Crippen LogP contribution in [0.15, 0.2) is 74.4 Å². The van der Waals surface area contributed by atoms with Crippen molar-refractivity contribution in [2.24, 2.45) is 5.10 Å². The number of ether oxygens (including phenoxy) is 2. The highest BCUT2D eigenvalue weighted by atomic mass is 32.2. The number of hydrazone groups is 1. The molecule has 0 saturated carbocycles. The molecule has 0 aliphatic rings. The van der Waals surface area contributed by atoms with Gasteiger partial charge in [0.2, 0.25) is 0 Å². The van der Waals surface area contributed by atoms with E-state index in [1.807, 2.05) is 6.07 Å². The fraction of sp³-hybridized carbons (Fsp3) is 0.167. The Morgan fingerprint density at radius 2 is 1.82 bits per heavy atom. The third-order valence-corrected chi connectivity index (χ3v) is 8.02. The van der Waals surface area contributed by atoms with Crippen LogP contribution < -0.4 is 14.9 Å². The van der Waals surface area contributed by atoms with Crippen molar-refractivity contribution in [1.82, 2.24) is 15.6 Å². The van der Waals surface area contributed by atoms with Crippen molar-refractivity contribution in [3.8, 4) is 11.5 Å². The van der Waals surface area contributed by atoms with E-state index < -0.39 is 0 Å². The van der Waals surface area contributed by atoms with Gasteiger partial charge in [0, 0.05) is 17.4 Å². The van der Waals surface area contributed by atoms with Crippen molar-refractivity contribution in [3.63, 3.8) is 0 Å². The number of hydrogen-bond acceptors (Lipinski definition) is 9. The Hall–Kier alpha value is -3.08. The molecule has 0 fully saturated rings. The molecule has 1 heterocycles. The van der Waals surface area contributed by atoms with Gasteiger partial charge in [-0.2, -0.15) is 5.10 Å². The number of nitrogens with one attached hydrogen (secondary N) is 1. The highest BCUT2D eigenvalue weighted by Crippen LogP contribution is 2.32. The van der Waals surface area contributed by atoms with Gasteiger partial charge in [-0.25, -0.2) is 5.43 Å². The molecule has 0 saturated heterocycles. The van der Waals surface area contributed by atoms with Gasteiger partial charge in [0.1, 0.15) is 11.5 Å². The molecule has 10 heteroatoms. The number of rotatable bonds is 10. The molecule has 0 bridgehead atoms. The van der Waals surface area contributed by atoms with Gasteiger partial charge >= 0.3 is 0 Å². The van der Waals surface area contributed by atoms with Crippen LogP contribution in [-0.4, -0.2) is 42.3 Å². The van der Waals surface area contributed by atoms with Gasteiger partial charge in [-0.3, -0.25) is 4.79 Å². The fourth-order valence-electron chi connectivity index (χ4n) is 3.13. The van der Waals surface area contributed by atoms with Gasteiger partial charge < -0.3 is 9.47 Å². The zero-order valence-electron chi connectivity index (χ0n) is 18.6. The second-order valence-electron chi connectivity index (χ2n) is 6.95. The lowest BCUT2D eigenvalue weighted by molar-refractivity contribution is -0.118. The van der Waals surface area contributed by atoms with Crippen LogP contribution in [0.4, 0.5) is 0 Å². The van der Waals surface area contributed by atoms with E-state index in [2.05, 4.69) is 57.1 Å². The average Bonchev–Trinajstić information content (AvgIpc) is 3.34. The minimum atomic E-state index is -0.228. The summed E-state index contributed by atoms with van der Waals surface area (Å²) in [7, 11) is 3.16. The van der Waals surface area contributed by atoms with Gasteiger partial charge in [-0.15, -0.1) is 10.2 Å². The van der Waals surface area contributed by atoms with E-state index in [4.69, 9.17) is 9.47 Å². The molecular formula is C24H22N4O3S3. The van der Waals surface area contributed by atoms with E-state index >= 15 is 0 Å². The van der Waals surface area contributed by atoms with E-state index in [0.717, 1.165) is 20.0 Å². The molecule has 0 atom stereocenters. The van der Waals surface area contributed by atoms with Gasteiger partial charge in [-0.05, 0) is 28.5 Å². The van der Waals surface area contributed by atoms with Crippen LogP contribution in [0.25, 0.3) is 10.8 Å². The maximum Gasteiger partial charge on any atom is 0.250 e. The second kappa shape index (κ2) is 11.9. The van der Waals surface area contributed by atoms with E-state index in [9.17, 15) is 4.79 Å². The Labute approximate surface area is 210 Å². The number of carbonyl (C=O) groups is 1. The number of benzene rings is 3. The highest BCUT2D eigenvalue weighted by molar-refractivity contribution is 8.03. The largest absolute Gasteiger partial charge is 0.497 e. The molecule has 7 nitrogen and oxygen atoms in total. The lowest BCUT2D eigenvalue weighted by Crippen LogP contribution is -2.19. The Kier molecular flexibility index (Phi) is 8.40. The first-order chi connectivity index (χ1) is 16.7. The van der Waals surface area contributed by atoms with Crippen molar-refractivity contribution in [2.45, 2.75) is 14.4 Å². The first kappa shape index (κ1) is 24.1. The monoisotopic (exact) mass is 510 g/mol. The third-order valence-electron chi connectivity index (χ3n) is 4.78. The number of hydrogen-bond donors (Lipinski definition) is 1. The van der Waals surface area contributed by atoms with Gasteiger partial charge in [0.25, 0.3) is 5.91 Å². The number of thioether (sulfide) groups is 2. The number of nitrogens with zero attached hydrogens (tertiary/aromatic N) is 3. The van der Waals surface area contributed by atoms with E-state index in [-0.39, 0.29) is 11.7 Å². The van der Waals surface area contributed by atoms with Crippen LogP contribution in [0.5, 0.6) is 11.5 Å². The molecule has 0 aliphatic heterocycles. The van der Waals surface area contributed by atoms with Crippen molar-refractivity contribution >= 4 is 57.8 Å². The summed E-state index contributed by atoms with van der Waals surface area (Å²) >= 11 is 4.47. The summed E-state index contributed by atoms with van der Waals surface area (Å²) in [6.07, 6.45) is 1.54. The minimum Gasteiger partial charge on any atom is -0.497 e. The number of methoxy groups -OCH3 is 2. The molecule has 1 N–H and O–H groups in total. The quantitative estimate of drug-likeness (QED) is 0.177. The predicted molar refractivity (Wildman–Crippen MR) is 139 cm³/mol. The topological polar surface area (TPSA) is 85.7 Å². The van der Waals surface area contributed by atoms with E-state index in [1.54, 1.807) is 44.2 Å². The molecule has 1 aromatic heterocycles. The zero-order chi connectivity index (χ0) is 23.8. The molecule has 3 aromatic carbocycles. The number of aromatic nitrogens is 2. The van der Waals surface area contributed by atoms with E-state index in [1.165, 1.54) is 45.6 Å². The smallest absolute Gasteiger partial charge is 0.250 e. The van der Waals surface area contributed by atoms with Crippen LogP contribution >= 0.6 is 34.9 Å². The van der Waals surface area contributed by atoms with Crippen molar-refractivity contribution in [1.29, 1.82) is 0 Å². The van der Waals surface area contributed by atoms with Crippen molar-refractivity contribution in [3.05, 3.63) is 71.8 Å². The summed E-state index contributed by atoms with van der Waals surface area (Å²) < 4.78 is 12.1. The molecule has 1 amide bonds. The van der Waals surface area contributed by atoms with Gasteiger partial charge in [0.15, 0.2) is 8.68 Å². The fourth-order valence-corrected chi connectivity index (χ4v) is 5.95. The predicted octanol–water partition coefficient (Wildman–Crippen LogP) is 5.24. The summed E-state index contributed by atoms with van der Waals surface area (Å²) in [5, 5.41) is 14.9. The van der Waals surface area contributed by atoms with Crippen LogP contribution in [0, 0.1) is 0 Å². The Balaban J connectivity index is 1.26. The molecule has 4 aromatic rings. The highest BCUT2D eigenvalue weighted by Gasteiger charge is 2.10. The Morgan fingerprint density at radius 1 is 1.03 bits per heavy atom. The third kappa shape index (κ3) is 6.28. The summed E-state index contributed by atoms with van der Waals surface area (Å²) in [5.74, 6) is 2.06. The first-order valence-electron chi connectivity index (χ1n) is 10.3. The number of amides is 1. The molecule has 0 aliphatic carbocycles. The molecule has 0 radical (unpaired) electrons. The Bertz CT molecular complexity index is 1300. The number of fused-ring (bicyclic) bond motifs is 1. The SMILES string of the molecule is COc1ccc(/C=N\NC(=O)CSc2nnc(SCc3cccc4ccccc34)s2)c(OC)c1. The lowest BCUT2D eigenvalue weighted by Gasteiger charge is -2.06. The molecule has 174 valence electrons. The molecule has 4 rings (SSSR count). The van der Waals surface area contributed by atoms with Crippen LogP contribution in [0.2, 0.25) is 0 Å². The summed E-state index contributed by atoms with van der Waals surface area (Å²) in [6, 6.07) is 20.0. The summed E-state index contributed by atoms with van der Waals surface area (Å²) in [5.41, 5.74) is 4.52. The lowest BCUT2D eigenvalue weighted by atomic mass is 10.1. The van der Waals surface area contributed by atoms with Crippen LogP contribution in [-0.2, 0) is 10.5 Å². The van der Waals surface area contributed by atoms with Crippen molar-refractivity contribution in [2.75, 3.05) is 20.0 Å². The summed E-state index contributed by atoms with van der Waals surface area (Å²) in [4.78, 5) is 12.2. The molecular weight excluding hydrogens is 488 g/mol. The maximum atomic E-state index is 12.2. The van der Waals surface area contributed by atoms with Crippen LogP contribution in [0.1, 0.15) is 11.1 Å². The molecule has 0 unspecified atom stereocenters. The van der Waals surface area contributed by atoms with E-state index in [0.29, 0.717) is 11.5 Å². The minimum absolute atomic E-state index is 0.194. The van der Waals surface area contributed by atoms with Crippen LogP contribution in [0.3, 0.4) is 0 Å². The van der Waals surface area contributed by atoms with Gasteiger partial charge in [-0.1, -0.05) is 77.3 Å². The molecule has 0 spiro atoms. The zero-order valence-corrected chi connectivity index (χ0v) is 21.0. The maximum absolute atomic E-state index is 12.2. The second-order valence-corrected chi connectivity index (χ2v) is 10.4. The molecule has 34 heavy (non-hydrogen) atoms. The van der Waals surface area contributed by atoms with Gasteiger partial charge in [0.05, 0.1) is 26.2 Å². The number of carbonyl (C=O) groups excluding carboxylic acids is 1. The Morgan fingerprint density at radius 3 is 2.65 bits per heavy atom. The summed E-state index contributed by atoms with van der Waals surface area (Å²) in [6.45, 7) is 0. The first-order valence-corrected chi connectivity index (χ1v) is 13.0. The van der Waals surface area contributed by atoms with Crippen molar-refractivity contribution < 1.29 is 14.3 Å². The standard InChI is InChI=1S/C24H22N4O3S3/c1-30-19-11-10-17(21(12-19)31-2)13-25-26-22(29)15-33-24-28-27-23(34-24)32-14-18-8-5-7-16-6-3-4-9-20(16)18/h3-13H,14-15H2,1-2H3,(H,26,29)/b25-13-.